The topological polar surface area (TPSA) is 106 Å². The molecular formula is C21H17NO6. The highest BCUT2D eigenvalue weighted by Crippen LogP contribution is 2.22. The molecule has 3 aromatic rings. The minimum atomic E-state index is -1.72. The summed E-state index contributed by atoms with van der Waals surface area (Å²) in [4.78, 5) is 34.9. The second kappa shape index (κ2) is 7.79. The number of ether oxygens (including phenoxy) is 1. The number of pyridine rings is 1. The lowest BCUT2D eigenvalue weighted by molar-refractivity contribution is -0.146. The largest absolute Gasteiger partial charge is 0.507 e. The molecule has 0 atom stereocenters. The third-order valence-electron chi connectivity index (χ3n) is 4.28. The normalized spacial score (nSPS) is 11.4. The molecule has 3 rings (SSSR count). The quantitative estimate of drug-likeness (QED) is 0.387. The molecular weight excluding hydrogens is 362 g/mol. The van der Waals surface area contributed by atoms with Crippen LogP contribution >= 0.6 is 0 Å². The van der Waals surface area contributed by atoms with Crippen molar-refractivity contribution >= 4 is 28.4 Å². The minimum Gasteiger partial charge on any atom is -0.507 e. The number of aromatic nitrogens is 1. The predicted molar refractivity (Wildman–Crippen MR) is 104 cm³/mol. The van der Waals surface area contributed by atoms with Gasteiger partial charge in [-0.2, -0.15) is 0 Å². The van der Waals surface area contributed by atoms with Crippen molar-refractivity contribution in [2.24, 2.45) is 0 Å². The Morgan fingerprint density at radius 3 is 2.46 bits per heavy atom. The lowest BCUT2D eigenvalue weighted by atomic mass is 10.1. The van der Waals surface area contributed by atoms with Crippen molar-refractivity contribution < 1.29 is 24.5 Å². The monoisotopic (exact) mass is 379 g/mol. The molecule has 142 valence electrons. The number of methoxy groups -OCH3 is 1. The molecule has 7 nitrogen and oxygen atoms in total. The first-order chi connectivity index (χ1) is 13.4. The molecule has 0 radical (unpaired) electrons. The van der Waals surface area contributed by atoms with Gasteiger partial charge in [-0.3, -0.25) is 9.59 Å². The standard InChI is InChI=1S/C21H17NO6/c1-28-19-9-5-2-6-13(19)11-22-12-15(17(23)10-18(24)21(26)27)20(25)14-7-3-4-8-16(14)22/h2-10,12,23H,11H2,1H3,(H,26,27)/b17-10-. The first kappa shape index (κ1) is 18.9. The van der Waals surface area contributed by atoms with E-state index in [1.165, 1.54) is 6.20 Å². The number of carboxylic acid groups (broad SMARTS) is 1. The zero-order valence-corrected chi connectivity index (χ0v) is 15.0. The molecule has 0 spiro atoms. The summed E-state index contributed by atoms with van der Waals surface area (Å²) in [5, 5.41) is 19.3. The van der Waals surface area contributed by atoms with E-state index in [2.05, 4.69) is 0 Å². The molecule has 0 amide bonds. The number of rotatable bonds is 6. The molecule has 0 bridgehead atoms. The second-order valence-electron chi connectivity index (χ2n) is 6.03. The van der Waals surface area contributed by atoms with Crippen LogP contribution in [0.2, 0.25) is 0 Å². The molecule has 0 aliphatic carbocycles. The third-order valence-corrected chi connectivity index (χ3v) is 4.28. The Labute approximate surface area is 159 Å². The van der Waals surface area contributed by atoms with Crippen LogP contribution in [0.4, 0.5) is 0 Å². The molecule has 0 unspecified atom stereocenters. The number of carbonyl (C=O) groups is 2. The fraction of sp³-hybridized carbons (Fsp3) is 0.0952. The summed E-state index contributed by atoms with van der Waals surface area (Å²) < 4.78 is 7.10. The number of benzene rings is 2. The summed E-state index contributed by atoms with van der Waals surface area (Å²) in [5.41, 5.74) is 0.802. The Kier molecular flexibility index (Phi) is 5.26. The number of para-hydroxylation sites is 2. The summed E-state index contributed by atoms with van der Waals surface area (Å²) in [5.74, 6) is -3.08. The molecule has 0 aliphatic rings. The van der Waals surface area contributed by atoms with Crippen LogP contribution in [0.15, 0.2) is 65.6 Å². The Morgan fingerprint density at radius 1 is 1.07 bits per heavy atom. The second-order valence-corrected chi connectivity index (χ2v) is 6.03. The van der Waals surface area contributed by atoms with Crippen LogP contribution in [-0.4, -0.2) is 33.6 Å². The van der Waals surface area contributed by atoms with Crippen LogP contribution in [0.25, 0.3) is 16.7 Å². The van der Waals surface area contributed by atoms with Gasteiger partial charge in [0.05, 0.1) is 24.7 Å². The predicted octanol–water partition coefficient (Wildman–Crippen LogP) is 2.61. The van der Waals surface area contributed by atoms with Gasteiger partial charge in [0.25, 0.3) is 5.78 Å². The van der Waals surface area contributed by atoms with E-state index in [1.807, 2.05) is 24.3 Å². The molecule has 7 heteroatoms. The van der Waals surface area contributed by atoms with Crippen LogP contribution < -0.4 is 10.2 Å². The fourth-order valence-corrected chi connectivity index (χ4v) is 2.94. The summed E-state index contributed by atoms with van der Waals surface area (Å²) >= 11 is 0. The van der Waals surface area contributed by atoms with Gasteiger partial charge in [0.1, 0.15) is 11.5 Å². The number of hydrogen-bond donors (Lipinski definition) is 2. The zero-order valence-electron chi connectivity index (χ0n) is 15.0. The van der Waals surface area contributed by atoms with E-state index in [0.717, 1.165) is 5.56 Å². The number of fused-ring (bicyclic) bond motifs is 1. The summed E-state index contributed by atoms with van der Waals surface area (Å²) in [6.07, 6.45) is 1.93. The van der Waals surface area contributed by atoms with Crippen LogP contribution in [0.5, 0.6) is 5.75 Å². The maximum absolute atomic E-state index is 12.8. The number of nitrogens with zero attached hydrogens (tertiary/aromatic N) is 1. The molecule has 0 saturated heterocycles. The fourth-order valence-electron chi connectivity index (χ4n) is 2.94. The van der Waals surface area contributed by atoms with Gasteiger partial charge >= 0.3 is 5.97 Å². The van der Waals surface area contributed by atoms with Crippen LogP contribution in [0, 0.1) is 0 Å². The first-order valence-corrected chi connectivity index (χ1v) is 8.34. The van der Waals surface area contributed by atoms with Crippen molar-refractivity contribution in [2.45, 2.75) is 6.54 Å². The number of hydrogen-bond acceptors (Lipinski definition) is 5. The smallest absolute Gasteiger partial charge is 0.376 e. The number of ketones is 1. The average molecular weight is 379 g/mol. The van der Waals surface area contributed by atoms with E-state index < -0.39 is 22.9 Å². The van der Waals surface area contributed by atoms with E-state index in [0.29, 0.717) is 29.3 Å². The van der Waals surface area contributed by atoms with Gasteiger partial charge < -0.3 is 19.5 Å². The SMILES string of the molecule is COc1ccccc1Cn1cc(/C(O)=C/C(=O)C(=O)O)c(=O)c2ccccc21. The van der Waals surface area contributed by atoms with Gasteiger partial charge in [-0.15, -0.1) is 0 Å². The van der Waals surface area contributed by atoms with Gasteiger partial charge in [-0.1, -0.05) is 30.3 Å². The molecule has 28 heavy (non-hydrogen) atoms. The lowest BCUT2D eigenvalue weighted by Crippen LogP contribution is -2.16. The molecule has 0 fully saturated rings. The maximum Gasteiger partial charge on any atom is 0.376 e. The van der Waals surface area contributed by atoms with Gasteiger partial charge in [-0.05, 0) is 18.2 Å². The maximum atomic E-state index is 12.8. The molecule has 1 aromatic heterocycles. The number of aliphatic hydroxyl groups excluding tert-OH is 1. The molecule has 1 heterocycles. The minimum absolute atomic E-state index is 0.164. The van der Waals surface area contributed by atoms with Crippen LogP contribution in [0.3, 0.4) is 0 Å². The Bertz CT molecular complexity index is 1160. The van der Waals surface area contributed by atoms with E-state index in [1.54, 1.807) is 35.9 Å². The van der Waals surface area contributed by atoms with Crippen molar-refractivity contribution in [2.75, 3.05) is 7.11 Å². The van der Waals surface area contributed by atoms with Gasteiger partial charge in [0, 0.05) is 23.2 Å². The number of aliphatic carboxylic acids is 1. The number of carbonyl (C=O) groups excluding carboxylic acids is 1. The van der Waals surface area contributed by atoms with Gasteiger partial charge in [0.15, 0.2) is 5.43 Å². The molecule has 2 N–H and O–H groups in total. The van der Waals surface area contributed by atoms with Crippen molar-refractivity contribution in [1.29, 1.82) is 0 Å². The summed E-state index contributed by atoms with van der Waals surface area (Å²) in [6.45, 7) is 0.331. The highest BCUT2D eigenvalue weighted by atomic mass is 16.5. The Balaban J connectivity index is 2.20. The molecule has 0 aliphatic heterocycles. The number of carboxylic acids is 1. The Hall–Kier alpha value is -3.87. The van der Waals surface area contributed by atoms with Crippen molar-refractivity contribution in [3.8, 4) is 5.75 Å². The summed E-state index contributed by atoms with van der Waals surface area (Å²) in [6, 6.07) is 14.2. The number of aliphatic hydroxyl groups is 1. The van der Waals surface area contributed by atoms with Crippen molar-refractivity contribution in [1.82, 2.24) is 4.57 Å². The van der Waals surface area contributed by atoms with Crippen molar-refractivity contribution in [3.05, 3.63) is 82.2 Å². The van der Waals surface area contributed by atoms with Crippen LogP contribution in [-0.2, 0) is 16.1 Å². The van der Waals surface area contributed by atoms with Gasteiger partial charge in [0.2, 0.25) is 0 Å². The highest BCUT2D eigenvalue weighted by Gasteiger charge is 2.16. The highest BCUT2D eigenvalue weighted by molar-refractivity contribution is 6.38. The summed E-state index contributed by atoms with van der Waals surface area (Å²) in [7, 11) is 1.56. The molecule has 2 aromatic carbocycles. The van der Waals surface area contributed by atoms with E-state index in [9.17, 15) is 19.5 Å². The zero-order chi connectivity index (χ0) is 20.3. The van der Waals surface area contributed by atoms with E-state index >= 15 is 0 Å². The van der Waals surface area contributed by atoms with Crippen LogP contribution in [0.1, 0.15) is 11.1 Å². The Morgan fingerprint density at radius 2 is 1.75 bits per heavy atom. The third kappa shape index (κ3) is 3.64. The molecule has 0 saturated carbocycles. The average Bonchev–Trinajstić information content (AvgIpc) is 2.70. The van der Waals surface area contributed by atoms with Gasteiger partial charge in [-0.25, -0.2) is 4.79 Å². The first-order valence-electron chi connectivity index (χ1n) is 8.34. The van der Waals surface area contributed by atoms with Crippen molar-refractivity contribution in [3.63, 3.8) is 0 Å². The lowest BCUT2D eigenvalue weighted by Gasteiger charge is -2.15. The van der Waals surface area contributed by atoms with E-state index in [4.69, 9.17) is 9.84 Å². The van der Waals surface area contributed by atoms with E-state index in [-0.39, 0.29) is 5.56 Å².